The normalized spacial score (nSPS) is 22.8. The van der Waals surface area contributed by atoms with Crippen molar-refractivity contribution in [3.63, 3.8) is 0 Å². The van der Waals surface area contributed by atoms with Crippen molar-refractivity contribution in [3.8, 4) is 0 Å². The van der Waals surface area contributed by atoms with Crippen molar-refractivity contribution < 1.29 is 13.2 Å². The van der Waals surface area contributed by atoms with Crippen LogP contribution in [0.2, 0.25) is 0 Å². The number of amides is 1. The fourth-order valence-electron chi connectivity index (χ4n) is 3.38. The molecular weight excluding hydrogens is 328 g/mol. The summed E-state index contributed by atoms with van der Waals surface area (Å²) in [6.07, 6.45) is 3.49. The Kier molecular flexibility index (Phi) is 5.17. The van der Waals surface area contributed by atoms with E-state index in [0.717, 1.165) is 37.1 Å². The molecule has 2 aliphatic rings. The maximum absolute atomic E-state index is 12.9. The van der Waals surface area contributed by atoms with Gasteiger partial charge in [0.05, 0.1) is 24.0 Å². The van der Waals surface area contributed by atoms with E-state index in [9.17, 15) is 13.2 Å². The Morgan fingerprint density at radius 1 is 1.25 bits per heavy atom. The van der Waals surface area contributed by atoms with Gasteiger partial charge in [-0.15, -0.1) is 0 Å². The molecule has 2 saturated heterocycles. The van der Waals surface area contributed by atoms with E-state index in [2.05, 4.69) is 10.3 Å². The number of carbonyl (C=O) groups is 1. The zero-order valence-corrected chi connectivity index (χ0v) is 14.8. The first-order chi connectivity index (χ1) is 11.5. The van der Waals surface area contributed by atoms with Crippen molar-refractivity contribution in [1.82, 2.24) is 18.9 Å². The van der Waals surface area contributed by atoms with Gasteiger partial charge in [-0.2, -0.15) is 17.0 Å². The van der Waals surface area contributed by atoms with Crippen LogP contribution in [0.3, 0.4) is 0 Å². The van der Waals surface area contributed by atoms with Gasteiger partial charge in [-0.1, -0.05) is 6.07 Å². The maximum atomic E-state index is 12.9. The summed E-state index contributed by atoms with van der Waals surface area (Å²) in [5.74, 6) is -0.110. The fraction of sp³-hybridized carbons (Fsp3) is 0.625. The van der Waals surface area contributed by atoms with Gasteiger partial charge in [0.1, 0.15) is 0 Å². The summed E-state index contributed by atoms with van der Waals surface area (Å²) in [7, 11) is -3.42. The van der Waals surface area contributed by atoms with Crippen molar-refractivity contribution in [2.45, 2.75) is 45.2 Å². The topological polar surface area (TPSA) is 82.6 Å². The molecule has 1 atom stereocenters. The third-order valence-electron chi connectivity index (χ3n) is 4.58. The van der Waals surface area contributed by atoms with E-state index < -0.39 is 10.2 Å². The first kappa shape index (κ1) is 17.3. The predicted octanol–water partition coefficient (Wildman–Crippen LogP) is 1.20. The van der Waals surface area contributed by atoms with E-state index in [1.165, 1.54) is 6.92 Å². The molecule has 132 valence electrons. The van der Waals surface area contributed by atoms with E-state index in [4.69, 9.17) is 0 Å². The first-order valence-electron chi connectivity index (χ1n) is 8.45. The average Bonchev–Trinajstić information content (AvgIpc) is 3.24. The van der Waals surface area contributed by atoms with Gasteiger partial charge in [-0.05, 0) is 37.8 Å². The standard InChI is InChI=1S/C16H24N4O3S/c1-13(21)17-12-14-6-4-7-15(18-14)16-8-5-11-20(16)24(22,23)19-9-2-3-10-19/h4,6-7,16H,2-3,5,8-12H2,1H3,(H,17,21)/t16-/m0/s1. The van der Waals surface area contributed by atoms with E-state index in [0.29, 0.717) is 26.2 Å². The number of pyridine rings is 1. The Balaban J connectivity index is 1.80. The second-order valence-corrected chi connectivity index (χ2v) is 8.23. The van der Waals surface area contributed by atoms with Crippen LogP contribution in [0.25, 0.3) is 0 Å². The number of hydrogen-bond acceptors (Lipinski definition) is 4. The molecule has 0 aromatic carbocycles. The highest BCUT2D eigenvalue weighted by Gasteiger charge is 2.40. The number of nitrogens with zero attached hydrogens (tertiary/aromatic N) is 3. The van der Waals surface area contributed by atoms with E-state index >= 15 is 0 Å². The summed E-state index contributed by atoms with van der Waals surface area (Å²) in [6.45, 7) is 3.59. The Morgan fingerprint density at radius 2 is 2.00 bits per heavy atom. The highest BCUT2D eigenvalue weighted by atomic mass is 32.2. The lowest BCUT2D eigenvalue weighted by atomic mass is 10.1. The lowest BCUT2D eigenvalue weighted by molar-refractivity contribution is -0.119. The van der Waals surface area contributed by atoms with Crippen molar-refractivity contribution in [2.24, 2.45) is 0 Å². The summed E-state index contributed by atoms with van der Waals surface area (Å²) in [5.41, 5.74) is 1.51. The number of rotatable bonds is 5. The zero-order valence-electron chi connectivity index (χ0n) is 13.9. The highest BCUT2D eigenvalue weighted by Crippen LogP contribution is 2.35. The molecule has 1 aromatic heterocycles. The van der Waals surface area contributed by atoms with E-state index in [1.807, 2.05) is 18.2 Å². The van der Waals surface area contributed by atoms with E-state index in [1.54, 1.807) is 8.61 Å². The minimum absolute atomic E-state index is 0.110. The molecule has 3 heterocycles. The third kappa shape index (κ3) is 3.60. The minimum Gasteiger partial charge on any atom is -0.351 e. The quantitative estimate of drug-likeness (QED) is 0.863. The summed E-state index contributed by atoms with van der Waals surface area (Å²) in [4.78, 5) is 15.6. The SMILES string of the molecule is CC(=O)NCc1cccc([C@@H]2CCCN2S(=O)(=O)N2CCCC2)n1. The first-order valence-corrected chi connectivity index (χ1v) is 9.85. The van der Waals surface area contributed by atoms with Gasteiger partial charge in [-0.3, -0.25) is 9.78 Å². The Labute approximate surface area is 143 Å². The molecule has 0 radical (unpaired) electrons. The van der Waals surface area contributed by atoms with Crippen molar-refractivity contribution in [1.29, 1.82) is 0 Å². The molecule has 24 heavy (non-hydrogen) atoms. The van der Waals surface area contributed by atoms with Gasteiger partial charge in [0, 0.05) is 26.6 Å². The summed E-state index contributed by atoms with van der Waals surface area (Å²) >= 11 is 0. The largest absolute Gasteiger partial charge is 0.351 e. The van der Waals surface area contributed by atoms with E-state index in [-0.39, 0.29) is 11.9 Å². The molecule has 1 amide bonds. The predicted molar refractivity (Wildman–Crippen MR) is 90.2 cm³/mol. The molecule has 0 aliphatic carbocycles. The molecule has 0 spiro atoms. The number of hydrogen-bond donors (Lipinski definition) is 1. The molecule has 3 rings (SSSR count). The van der Waals surface area contributed by atoms with Crippen LogP contribution < -0.4 is 5.32 Å². The van der Waals surface area contributed by atoms with Gasteiger partial charge < -0.3 is 5.32 Å². The minimum atomic E-state index is -3.42. The van der Waals surface area contributed by atoms with Crippen LogP contribution in [0.1, 0.15) is 50.0 Å². The lowest BCUT2D eigenvalue weighted by Crippen LogP contribution is -2.42. The summed E-state index contributed by atoms with van der Waals surface area (Å²) in [5, 5.41) is 2.72. The lowest BCUT2D eigenvalue weighted by Gasteiger charge is -2.28. The fourth-order valence-corrected chi connectivity index (χ4v) is 5.29. The molecule has 0 saturated carbocycles. The zero-order chi connectivity index (χ0) is 17.2. The third-order valence-corrected chi connectivity index (χ3v) is 6.63. The number of nitrogens with one attached hydrogen (secondary N) is 1. The molecular formula is C16H24N4O3S. The van der Waals surface area contributed by atoms with Crippen LogP contribution in [0.5, 0.6) is 0 Å². The van der Waals surface area contributed by atoms with Crippen LogP contribution in [0.15, 0.2) is 18.2 Å². The van der Waals surface area contributed by atoms with Crippen LogP contribution in [0.4, 0.5) is 0 Å². The summed E-state index contributed by atoms with van der Waals surface area (Å²) in [6, 6.07) is 5.37. The molecule has 1 N–H and O–H groups in total. The molecule has 1 aromatic rings. The van der Waals surface area contributed by atoms with Crippen LogP contribution in [0, 0.1) is 0 Å². The Morgan fingerprint density at radius 3 is 2.71 bits per heavy atom. The van der Waals surface area contributed by atoms with Crippen molar-refractivity contribution in [3.05, 3.63) is 29.6 Å². The summed E-state index contributed by atoms with van der Waals surface area (Å²) < 4.78 is 29.0. The Bertz CT molecular complexity index is 701. The van der Waals surface area contributed by atoms with Gasteiger partial charge in [0.15, 0.2) is 0 Å². The van der Waals surface area contributed by atoms with Crippen molar-refractivity contribution in [2.75, 3.05) is 19.6 Å². The number of carbonyl (C=O) groups excluding carboxylic acids is 1. The molecule has 0 bridgehead atoms. The van der Waals surface area contributed by atoms with Gasteiger partial charge in [-0.25, -0.2) is 0 Å². The molecule has 7 nitrogen and oxygen atoms in total. The monoisotopic (exact) mass is 352 g/mol. The van der Waals surface area contributed by atoms with Gasteiger partial charge >= 0.3 is 0 Å². The second kappa shape index (κ2) is 7.16. The van der Waals surface area contributed by atoms with Crippen LogP contribution in [-0.4, -0.2) is 47.6 Å². The molecule has 2 fully saturated rings. The maximum Gasteiger partial charge on any atom is 0.282 e. The smallest absolute Gasteiger partial charge is 0.282 e. The Hall–Kier alpha value is -1.51. The van der Waals surface area contributed by atoms with Gasteiger partial charge in [0.2, 0.25) is 5.91 Å². The average molecular weight is 352 g/mol. The van der Waals surface area contributed by atoms with Crippen LogP contribution >= 0.6 is 0 Å². The second-order valence-electron chi connectivity index (χ2n) is 6.35. The number of aromatic nitrogens is 1. The van der Waals surface area contributed by atoms with Gasteiger partial charge in [0.25, 0.3) is 10.2 Å². The van der Waals surface area contributed by atoms with Crippen molar-refractivity contribution >= 4 is 16.1 Å². The molecule has 0 unspecified atom stereocenters. The van der Waals surface area contributed by atoms with Crippen LogP contribution in [-0.2, 0) is 21.5 Å². The molecule has 2 aliphatic heterocycles. The molecule has 8 heteroatoms. The highest BCUT2D eigenvalue weighted by molar-refractivity contribution is 7.86.